The summed E-state index contributed by atoms with van der Waals surface area (Å²) >= 11 is 0. The largest absolute Gasteiger partial charge is 0.380 e. The number of hydrogen-bond acceptors (Lipinski definition) is 11. The molecule has 0 bridgehead atoms. The first kappa shape index (κ1) is 37.3. The lowest BCUT2D eigenvalue weighted by molar-refractivity contribution is -0.265. The van der Waals surface area contributed by atoms with Gasteiger partial charge in [-0.1, -0.05) is 96.1 Å². The normalized spacial score (nSPS) is 24.3. The Hall–Kier alpha value is -3.50. The average Bonchev–Trinajstić information content (AvgIpc) is 3.15. The highest BCUT2D eigenvalue weighted by Gasteiger charge is 2.43. The summed E-state index contributed by atoms with van der Waals surface area (Å²) in [5.41, 5.74) is 1.38. The number of benzene rings is 4. The van der Waals surface area contributed by atoms with E-state index in [1.54, 1.807) is 24.3 Å². The molecule has 272 valence electrons. The smallest absolute Gasteiger partial charge is 0.296 e. The maximum absolute atomic E-state index is 13.2. The standard InChI is InChI=1S/C38H42O11S2/c1-29-13-17-33(18-14-29)50(39,40)48-27-37(23-44-35(45-24-37)31-9-5-3-6-10-31)21-43-22-38(25-46-36(47-26-38)32-11-7-4-8-12-32)28-49-51(41,42)34-19-15-30(2)16-20-34/h3-20,35-36H,21-28H2,1-2H3. The highest BCUT2D eigenvalue weighted by molar-refractivity contribution is 7.87. The van der Waals surface area contributed by atoms with Gasteiger partial charge in [0.15, 0.2) is 12.6 Å². The Morgan fingerprint density at radius 2 is 0.843 bits per heavy atom. The molecule has 0 radical (unpaired) electrons. The van der Waals surface area contributed by atoms with Crippen LogP contribution in [0.3, 0.4) is 0 Å². The van der Waals surface area contributed by atoms with Gasteiger partial charge in [-0.3, -0.25) is 8.37 Å². The molecule has 2 heterocycles. The molecule has 2 aliphatic rings. The Morgan fingerprint density at radius 1 is 0.510 bits per heavy atom. The molecule has 0 spiro atoms. The van der Waals surface area contributed by atoms with Crippen LogP contribution in [0.1, 0.15) is 34.8 Å². The fourth-order valence-electron chi connectivity index (χ4n) is 5.65. The van der Waals surface area contributed by atoms with Crippen molar-refractivity contribution in [2.24, 2.45) is 10.8 Å². The monoisotopic (exact) mass is 738 g/mol. The second-order valence-corrected chi connectivity index (χ2v) is 16.5. The summed E-state index contributed by atoms with van der Waals surface area (Å²) in [6.45, 7) is 3.29. The molecule has 0 amide bonds. The molecule has 4 aromatic rings. The van der Waals surface area contributed by atoms with E-state index < -0.39 is 43.6 Å². The Morgan fingerprint density at radius 3 is 1.18 bits per heavy atom. The van der Waals surface area contributed by atoms with Crippen LogP contribution in [0.15, 0.2) is 119 Å². The Labute approximate surface area is 299 Å². The number of rotatable bonds is 14. The van der Waals surface area contributed by atoms with Crippen molar-refractivity contribution in [1.82, 2.24) is 0 Å². The summed E-state index contributed by atoms with van der Waals surface area (Å²) in [7, 11) is -8.24. The molecule has 0 saturated carbocycles. The molecule has 4 aromatic carbocycles. The molecule has 51 heavy (non-hydrogen) atoms. The van der Waals surface area contributed by atoms with Crippen LogP contribution in [-0.4, -0.2) is 69.7 Å². The molecule has 0 unspecified atom stereocenters. The third kappa shape index (κ3) is 9.49. The van der Waals surface area contributed by atoms with Crippen molar-refractivity contribution in [1.29, 1.82) is 0 Å². The lowest BCUT2D eigenvalue weighted by Crippen LogP contribution is -2.49. The number of hydrogen-bond donors (Lipinski definition) is 0. The summed E-state index contributed by atoms with van der Waals surface area (Å²) in [5.74, 6) is 0. The van der Waals surface area contributed by atoms with Crippen LogP contribution in [0.5, 0.6) is 0 Å². The van der Waals surface area contributed by atoms with Gasteiger partial charge in [0, 0.05) is 11.1 Å². The highest BCUT2D eigenvalue weighted by Crippen LogP contribution is 2.37. The fraction of sp³-hybridized carbons (Fsp3) is 0.368. The van der Waals surface area contributed by atoms with Crippen LogP contribution in [0.4, 0.5) is 0 Å². The third-order valence-corrected chi connectivity index (χ3v) is 11.3. The molecule has 13 heteroatoms. The second-order valence-electron chi connectivity index (χ2n) is 13.3. The molecular formula is C38H42O11S2. The molecule has 0 N–H and O–H groups in total. The Kier molecular flexibility index (Phi) is 11.7. The predicted molar refractivity (Wildman–Crippen MR) is 186 cm³/mol. The maximum atomic E-state index is 13.2. The first-order valence-corrected chi connectivity index (χ1v) is 19.3. The van der Waals surface area contributed by atoms with E-state index in [1.807, 2.05) is 74.5 Å². The van der Waals surface area contributed by atoms with E-state index in [-0.39, 0.29) is 62.6 Å². The molecule has 0 atom stereocenters. The van der Waals surface area contributed by atoms with Crippen LogP contribution in [0.2, 0.25) is 0 Å². The van der Waals surface area contributed by atoms with Gasteiger partial charge in [0.25, 0.3) is 20.2 Å². The third-order valence-electron chi connectivity index (χ3n) is 8.78. The SMILES string of the molecule is Cc1ccc(S(=O)(=O)OCC2(COCC3(COS(=O)(=O)c4ccc(C)cc4)COC(c4ccccc4)OC3)COC(c3ccccc3)OC2)cc1. The van der Waals surface area contributed by atoms with Crippen molar-refractivity contribution in [2.75, 3.05) is 52.9 Å². The minimum absolute atomic E-state index is 0.0272. The van der Waals surface area contributed by atoms with Crippen LogP contribution in [0.25, 0.3) is 0 Å². The summed E-state index contributed by atoms with van der Waals surface area (Å²) in [4.78, 5) is 0.0543. The van der Waals surface area contributed by atoms with Crippen LogP contribution in [0, 0.1) is 24.7 Å². The van der Waals surface area contributed by atoms with Gasteiger partial charge in [0.2, 0.25) is 0 Å². The molecular weight excluding hydrogens is 697 g/mol. The number of ether oxygens (including phenoxy) is 5. The molecule has 2 saturated heterocycles. The Bertz CT molecular complexity index is 1780. The van der Waals surface area contributed by atoms with Crippen molar-refractivity contribution < 1.29 is 48.9 Å². The van der Waals surface area contributed by atoms with Crippen LogP contribution < -0.4 is 0 Å². The second kappa shape index (κ2) is 16.0. The summed E-state index contributed by atoms with van der Waals surface area (Å²) in [5, 5.41) is 0. The van der Waals surface area contributed by atoms with Gasteiger partial charge in [-0.25, -0.2) is 0 Å². The lowest BCUT2D eigenvalue weighted by atomic mass is 9.89. The summed E-state index contributed by atoms with van der Waals surface area (Å²) < 4.78 is 94.8. The van der Waals surface area contributed by atoms with Gasteiger partial charge in [0.1, 0.15) is 0 Å². The minimum atomic E-state index is -4.12. The molecule has 0 aromatic heterocycles. The van der Waals surface area contributed by atoms with Gasteiger partial charge >= 0.3 is 0 Å². The predicted octanol–water partition coefficient (Wildman–Crippen LogP) is 5.89. The van der Waals surface area contributed by atoms with Crippen molar-refractivity contribution in [3.05, 3.63) is 131 Å². The quantitative estimate of drug-likeness (QED) is 0.143. The zero-order valence-electron chi connectivity index (χ0n) is 28.5. The van der Waals surface area contributed by atoms with E-state index in [1.165, 1.54) is 24.3 Å². The zero-order valence-corrected chi connectivity index (χ0v) is 30.1. The fourth-order valence-corrected chi connectivity index (χ4v) is 7.67. The van der Waals surface area contributed by atoms with E-state index in [4.69, 9.17) is 32.1 Å². The molecule has 2 fully saturated rings. The van der Waals surface area contributed by atoms with Gasteiger partial charge in [0.05, 0.1) is 73.5 Å². The summed E-state index contributed by atoms with van der Waals surface area (Å²) in [6.07, 6.45) is -1.32. The van der Waals surface area contributed by atoms with Gasteiger partial charge in [-0.05, 0) is 38.1 Å². The molecule has 6 rings (SSSR count). The van der Waals surface area contributed by atoms with E-state index in [0.29, 0.717) is 0 Å². The van der Waals surface area contributed by atoms with Gasteiger partial charge in [-0.15, -0.1) is 0 Å². The van der Waals surface area contributed by atoms with Gasteiger partial charge < -0.3 is 23.7 Å². The molecule has 11 nitrogen and oxygen atoms in total. The minimum Gasteiger partial charge on any atom is -0.380 e. The van der Waals surface area contributed by atoms with E-state index in [2.05, 4.69) is 0 Å². The average molecular weight is 739 g/mol. The number of aryl methyl sites for hydroxylation is 2. The van der Waals surface area contributed by atoms with E-state index in [0.717, 1.165) is 22.3 Å². The highest BCUT2D eigenvalue weighted by atomic mass is 32.2. The lowest BCUT2D eigenvalue weighted by Gasteiger charge is -2.42. The van der Waals surface area contributed by atoms with Crippen LogP contribution in [-0.2, 0) is 52.3 Å². The van der Waals surface area contributed by atoms with Crippen molar-refractivity contribution in [2.45, 2.75) is 36.2 Å². The Balaban J connectivity index is 1.18. The van der Waals surface area contributed by atoms with Crippen molar-refractivity contribution in [3.63, 3.8) is 0 Å². The van der Waals surface area contributed by atoms with Crippen LogP contribution >= 0.6 is 0 Å². The molecule has 0 aliphatic carbocycles. The van der Waals surface area contributed by atoms with E-state index in [9.17, 15) is 16.8 Å². The van der Waals surface area contributed by atoms with Crippen molar-refractivity contribution in [3.8, 4) is 0 Å². The zero-order chi connectivity index (χ0) is 36.0. The molecule has 2 aliphatic heterocycles. The summed E-state index contributed by atoms with van der Waals surface area (Å²) in [6, 6.07) is 31.6. The van der Waals surface area contributed by atoms with E-state index >= 15 is 0 Å². The van der Waals surface area contributed by atoms with Gasteiger partial charge in [-0.2, -0.15) is 16.8 Å². The maximum Gasteiger partial charge on any atom is 0.296 e. The first-order valence-electron chi connectivity index (χ1n) is 16.5. The topological polar surface area (TPSA) is 133 Å². The first-order chi connectivity index (χ1) is 24.5. The van der Waals surface area contributed by atoms with Crippen molar-refractivity contribution >= 4 is 20.2 Å².